The Morgan fingerprint density at radius 1 is 1.36 bits per heavy atom. The van der Waals surface area contributed by atoms with Crippen LogP contribution in [0.5, 0.6) is 5.75 Å². The number of phenols is 1. The van der Waals surface area contributed by atoms with Gasteiger partial charge in [0.2, 0.25) is 0 Å². The van der Waals surface area contributed by atoms with Crippen LogP contribution in [-0.2, 0) is 4.79 Å². The first-order chi connectivity index (χ1) is 6.77. The van der Waals surface area contributed by atoms with Gasteiger partial charge in [0.15, 0.2) is 6.29 Å². The van der Waals surface area contributed by atoms with E-state index in [0.717, 1.165) is 0 Å². The molecule has 0 bridgehead atoms. The lowest BCUT2D eigenvalue weighted by molar-refractivity contribution is -0.107. The second-order valence-corrected chi connectivity index (χ2v) is 2.56. The number of phenolic OH excluding ortho intramolecular Hbond substituents is 1. The standard InChI is InChI=1S/C11H8O3/c12-6-2-1-3-9-4-5-11(14)7-10(9)8-13/h4-8,14H,2H2. The van der Waals surface area contributed by atoms with Crippen LogP contribution >= 0.6 is 0 Å². The van der Waals surface area contributed by atoms with Crippen LogP contribution in [-0.4, -0.2) is 17.7 Å². The second kappa shape index (κ2) is 4.83. The van der Waals surface area contributed by atoms with E-state index in [1.165, 1.54) is 18.2 Å². The van der Waals surface area contributed by atoms with Crippen molar-refractivity contribution in [2.75, 3.05) is 0 Å². The molecule has 0 fully saturated rings. The molecule has 0 amide bonds. The lowest BCUT2D eigenvalue weighted by Gasteiger charge is -1.96. The molecule has 0 saturated heterocycles. The highest BCUT2D eigenvalue weighted by Gasteiger charge is 1.99. The van der Waals surface area contributed by atoms with E-state index in [-0.39, 0.29) is 12.2 Å². The molecule has 0 saturated carbocycles. The summed E-state index contributed by atoms with van der Waals surface area (Å²) < 4.78 is 0. The van der Waals surface area contributed by atoms with Gasteiger partial charge in [-0.15, -0.1) is 0 Å². The molecule has 3 heteroatoms. The van der Waals surface area contributed by atoms with Crippen molar-refractivity contribution in [2.45, 2.75) is 6.42 Å². The first kappa shape index (κ1) is 10.0. The van der Waals surface area contributed by atoms with E-state index in [1.807, 2.05) is 0 Å². The van der Waals surface area contributed by atoms with E-state index in [2.05, 4.69) is 11.8 Å². The Bertz CT molecular complexity index is 410. The number of aromatic hydroxyl groups is 1. The normalized spacial score (nSPS) is 8.57. The third-order valence-corrected chi connectivity index (χ3v) is 1.57. The molecule has 0 heterocycles. The highest BCUT2D eigenvalue weighted by molar-refractivity contribution is 5.80. The number of aldehydes is 2. The fourth-order valence-corrected chi connectivity index (χ4v) is 0.949. The van der Waals surface area contributed by atoms with Crippen LogP contribution < -0.4 is 0 Å². The highest BCUT2D eigenvalue weighted by Crippen LogP contribution is 2.13. The maximum Gasteiger partial charge on any atom is 0.151 e. The molecule has 1 aromatic carbocycles. The first-order valence-corrected chi connectivity index (χ1v) is 3.98. The summed E-state index contributed by atoms with van der Waals surface area (Å²) in [5.74, 6) is 5.28. The lowest BCUT2D eigenvalue weighted by Crippen LogP contribution is -1.86. The Balaban J connectivity index is 3.03. The number of carbonyl (C=O) groups excluding carboxylic acids is 2. The Labute approximate surface area is 81.4 Å². The molecular weight excluding hydrogens is 180 g/mol. The Morgan fingerprint density at radius 3 is 2.79 bits per heavy atom. The summed E-state index contributed by atoms with van der Waals surface area (Å²) in [5.41, 5.74) is 0.836. The maximum atomic E-state index is 10.6. The SMILES string of the molecule is O=CCC#Cc1ccc(O)cc1C=O. The van der Waals surface area contributed by atoms with Crippen molar-refractivity contribution in [3.05, 3.63) is 29.3 Å². The first-order valence-electron chi connectivity index (χ1n) is 3.98. The van der Waals surface area contributed by atoms with Crippen LogP contribution in [0.1, 0.15) is 22.3 Å². The molecule has 0 aromatic heterocycles. The minimum atomic E-state index is 0.0213. The van der Waals surface area contributed by atoms with Crippen molar-refractivity contribution in [3.63, 3.8) is 0 Å². The Kier molecular flexibility index (Phi) is 3.45. The lowest BCUT2D eigenvalue weighted by atomic mass is 10.1. The fourth-order valence-electron chi connectivity index (χ4n) is 0.949. The Morgan fingerprint density at radius 2 is 2.14 bits per heavy atom. The summed E-state index contributed by atoms with van der Waals surface area (Å²) in [6.45, 7) is 0. The molecule has 0 aliphatic rings. The minimum Gasteiger partial charge on any atom is -0.508 e. The Hall–Kier alpha value is -2.08. The van der Waals surface area contributed by atoms with Crippen LogP contribution in [0.25, 0.3) is 0 Å². The molecule has 0 aliphatic carbocycles. The summed E-state index contributed by atoms with van der Waals surface area (Å²) in [7, 11) is 0. The molecule has 14 heavy (non-hydrogen) atoms. The van der Waals surface area contributed by atoms with Crippen molar-refractivity contribution in [1.29, 1.82) is 0 Å². The molecule has 0 atom stereocenters. The molecule has 1 rings (SSSR count). The molecule has 1 N–H and O–H groups in total. The third-order valence-electron chi connectivity index (χ3n) is 1.57. The molecule has 0 radical (unpaired) electrons. The summed E-state index contributed by atoms with van der Waals surface area (Å²) in [6, 6.07) is 4.31. The van der Waals surface area contributed by atoms with Gasteiger partial charge in [-0.05, 0) is 18.2 Å². The summed E-state index contributed by atoms with van der Waals surface area (Å²) >= 11 is 0. The number of rotatable bonds is 2. The van der Waals surface area contributed by atoms with Crippen LogP contribution in [0.4, 0.5) is 0 Å². The van der Waals surface area contributed by atoms with Crippen molar-refractivity contribution >= 4 is 12.6 Å². The quantitative estimate of drug-likeness (QED) is 0.559. The van der Waals surface area contributed by atoms with Gasteiger partial charge in [0, 0.05) is 11.1 Å². The van der Waals surface area contributed by atoms with Gasteiger partial charge in [-0.3, -0.25) is 4.79 Å². The number of carbonyl (C=O) groups is 2. The van der Waals surface area contributed by atoms with Crippen molar-refractivity contribution in [2.24, 2.45) is 0 Å². The molecule has 0 unspecified atom stereocenters. The minimum absolute atomic E-state index is 0.0213. The molecule has 1 aromatic rings. The summed E-state index contributed by atoms with van der Waals surface area (Å²) in [4.78, 5) is 20.6. The van der Waals surface area contributed by atoms with E-state index in [1.54, 1.807) is 0 Å². The topological polar surface area (TPSA) is 54.4 Å². The van der Waals surface area contributed by atoms with Gasteiger partial charge in [0.25, 0.3) is 0 Å². The summed E-state index contributed by atoms with van der Waals surface area (Å²) in [6.07, 6.45) is 1.44. The predicted octanol–water partition coefficient (Wildman–Crippen LogP) is 1.15. The van der Waals surface area contributed by atoms with Crippen molar-refractivity contribution < 1.29 is 14.7 Å². The van der Waals surface area contributed by atoms with E-state index < -0.39 is 0 Å². The van der Waals surface area contributed by atoms with Crippen LogP contribution in [0, 0.1) is 11.8 Å². The van der Waals surface area contributed by atoms with E-state index in [0.29, 0.717) is 23.7 Å². The molecule has 0 spiro atoms. The zero-order valence-corrected chi connectivity index (χ0v) is 7.36. The summed E-state index contributed by atoms with van der Waals surface area (Å²) in [5, 5.41) is 9.08. The zero-order chi connectivity index (χ0) is 10.4. The van der Waals surface area contributed by atoms with Gasteiger partial charge in [0.05, 0.1) is 6.42 Å². The van der Waals surface area contributed by atoms with E-state index >= 15 is 0 Å². The molecule has 3 nitrogen and oxygen atoms in total. The van der Waals surface area contributed by atoms with Crippen LogP contribution in [0.15, 0.2) is 18.2 Å². The number of hydrogen-bond acceptors (Lipinski definition) is 3. The van der Waals surface area contributed by atoms with Gasteiger partial charge < -0.3 is 9.90 Å². The molecular formula is C11H8O3. The maximum absolute atomic E-state index is 10.6. The van der Waals surface area contributed by atoms with Crippen molar-refractivity contribution in [3.8, 4) is 17.6 Å². The second-order valence-electron chi connectivity index (χ2n) is 2.56. The van der Waals surface area contributed by atoms with Gasteiger partial charge in [-0.25, -0.2) is 0 Å². The molecule has 70 valence electrons. The highest BCUT2D eigenvalue weighted by atomic mass is 16.3. The smallest absolute Gasteiger partial charge is 0.151 e. The molecule has 0 aliphatic heterocycles. The van der Waals surface area contributed by atoms with Crippen molar-refractivity contribution in [1.82, 2.24) is 0 Å². The van der Waals surface area contributed by atoms with Gasteiger partial charge in [-0.2, -0.15) is 0 Å². The fraction of sp³-hybridized carbons (Fsp3) is 0.0909. The van der Waals surface area contributed by atoms with Crippen LogP contribution in [0.2, 0.25) is 0 Å². The predicted molar refractivity (Wildman–Crippen MR) is 51.1 cm³/mol. The number of benzene rings is 1. The number of hydrogen-bond donors (Lipinski definition) is 1. The van der Waals surface area contributed by atoms with Gasteiger partial charge in [0.1, 0.15) is 12.0 Å². The van der Waals surface area contributed by atoms with Crippen LogP contribution in [0.3, 0.4) is 0 Å². The largest absolute Gasteiger partial charge is 0.508 e. The monoisotopic (exact) mass is 188 g/mol. The third kappa shape index (κ3) is 2.46. The van der Waals surface area contributed by atoms with E-state index in [9.17, 15) is 9.59 Å². The zero-order valence-electron chi connectivity index (χ0n) is 7.36. The average Bonchev–Trinajstić information content (AvgIpc) is 2.20. The average molecular weight is 188 g/mol. The van der Waals surface area contributed by atoms with E-state index in [4.69, 9.17) is 5.11 Å². The van der Waals surface area contributed by atoms with Gasteiger partial charge >= 0.3 is 0 Å². The van der Waals surface area contributed by atoms with Gasteiger partial charge in [-0.1, -0.05) is 11.8 Å².